The number of rotatable bonds is 2. The molecule has 120 valence electrons. The van der Waals surface area contributed by atoms with Gasteiger partial charge in [-0.1, -0.05) is 24.3 Å². The molecule has 2 atom stereocenters. The lowest BCUT2D eigenvalue weighted by atomic mass is 9.78. The number of aryl methyl sites for hydroxylation is 1. The van der Waals surface area contributed by atoms with E-state index in [4.69, 9.17) is 5.73 Å². The number of benzene rings is 1. The molecule has 2 aromatic rings. The maximum absolute atomic E-state index is 12.6. The highest BCUT2D eigenvalue weighted by Gasteiger charge is 2.60. The fraction of sp³-hybridized carbons (Fsp3) is 0.333. The van der Waals surface area contributed by atoms with Crippen LogP contribution in [0.1, 0.15) is 30.4 Å². The molecule has 5 heteroatoms. The van der Waals surface area contributed by atoms with E-state index in [1.165, 1.54) is 17.5 Å². The zero-order valence-corrected chi connectivity index (χ0v) is 13.6. The van der Waals surface area contributed by atoms with Gasteiger partial charge in [-0.2, -0.15) is 0 Å². The molecule has 2 unspecified atom stereocenters. The average molecular weight is 330 g/mol. The van der Waals surface area contributed by atoms with E-state index in [1.807, 2.05) is 0 Å². The Labute approximate surface area is 141 Å². The molecule has 1 heterocycles. The largest absolute Gasteiger partial charge is 0.384 e. The predicted octanol–water partition coefficient (Wildman–Crippen LogP) is 3.32. The molecule has 2 aliphatic rings. The number of pyridine rings is 1. The molecule has 3 N–H and O–H groups in total. The summed E-state index contributed by atoms with van der Waals surface area (Å²) in [5, 5.41) is 2.98. The van der Waals surface area contributed by atoms with Gasteiger partial charge in [0.1, 0.15) is 5.82 Å². The summed E-state index contributed by atoms with van der Waals surface area (Å²) < 4.78 is 0. The van der Waals surface area contributed by atoms with Gasteiger partial charge < -0.3 is 11.1 Å². The summed E-state index contributed by atoms with van der Waals surface area (Å²) in [6.07, 6.45) is 5.98. The Bertz CT molecular complexity index is 731. The van der Waals surface area contributed by atoms with E-state index in [2.05, 4.69) is 34.6 Å². The third-order valence-corrected chi connectivity index (χ3v) is 5.07. The molecular weight excluding hydrogens is 310 g/mol. The molecule has 23 heavy (non-hydrogen) atoms. The number of carbonyl (C=O) groups is 1. The van der Waals surface area contributed by atoms with Gasteiger partial charge in [-0.05, 0) is 48.9 Å². The third-order valence-electron chi connectivity index (χ3n) is 5.07. The van der Waals surface area contributed by atoms with Gasteiger partial charge in [-0.3, -0.25) is 4.79 Å². The summed E-state index contributed by atoms with van der Waals surface area (Å²) in [6.45, 7) is 0. The molecule has 2 aliphatic carbocycles. The van der Waals surface area contributed by atoms with Crippen LogP contribution in [0, 0.1) is 5.92 Å². The van der Waals surface area contributed by atoms with Crippen LogP contribution < -0.4 is 11.1 Å². The summed E-state index contributed by atoms with van der Waals surface area (Å²) in [5.74, 6) is 0.636. The third kappa shape index (κ3) is 2.68. The number of nitrogens with two attached hydrogens (primary N) is 1. The summed E-state index contributed by atoms with van der Waals surface area (Å²) in [7, 11) is 0. The number of carbonyl (C=O) groups excluding carboxylic acids is 1. The number of nitrogen functional groups attached to an aromatic ring is 1. The Balaban J connectivity index is 0.00000156. The monoisotopic (exact) mass is 329 g/mol. The fourth-order valence-corrected chi connectivity index (χ4v) is 3.88. The molecule has 1 spiro atoms. The normalized spacial score (nSPS) is 24.4. The Kier molecular flexibility index (Phi) is 4.02. The van der Waals surface area contributed by atoms with E-state index in [9.17, 15) is 4.79 Å². The van der Waals surface area contributed by atoms with Crippen molar-refractivity contribution < 1.29 is 4.79 Å². The number of aromatic nitrogens is 1. The lowest BCUT2D eigenvalue weighted by Gasteiger charge is -2.26. The van der Waals surface area contributed by atoms with Crippen LogP contribution in [0.25, 0.3) is 0 Å². The van der Waals surface area contributed by atoms with E-state index in [0.717, 1.165) is 19.3 Å². The second-order valence-corrected chi connectivity index (χ2v) is 6.38. The van der Waals surface area contributed by atoms with Gasteiger partial charge in [-0.15, -0.1) is 12.4 Å². The van der Waals surface area contributed by atoms with Gasteiger partial charge >= 0.3 is 0 Å². The quantitative estimate of drug-likeness (QED) is 0.888. The number of halogens is 1. The molecule has 0 bridgehead atoms. The molecule has 1 aromatic carbocycles. The van der Waals surface area contributed by atoms with Crippen LogP contribution in [0.3, 0.4) is 0 Å². The van der Waals surface area contributed by atoms with E-state index < -0.39 is 0 Å². The van der Waals surface area contributed by atoms with Crippen molar-refractivity contribution in [3.63, 3.8) is 0 Å². The van der Waals surface area contributed by atoms with E-state index in [1.54, 1.807) is 18.3 Å². The zero-order chi connectivity index (χ0) is 15.2. The van der Waals surface area contributed by atoms with Gasteiger partial charge in [0.25, 0.3) is 0 Å². The fourth-order valence-electron chi connectivity index (χ4n) is 3.88. The first-order valence-electron chi connectivity index (χ1n) is 7.80. The van der Waals surface area contributed by atoms with Crippen LogP contribution in [0.15, 0.2) is 42.6 Å². The van der Waals surface area contributed by atoms with Gasteiger partial charge in [0, 0.05) is 11.3 Å². The van der Waals surface area contributed by atoms with Crippen molar-refractivity contribution in [3.8, 4) is 0 Å². The maximum atomic E-state index is 12.6. The van der Waals surface area contributed by atoms with Crippen molar-refractivity contribution in [1.82, 2.24) is 4.98 Å². The maximum Gasteiger partial charge on any atom is 0.228 e. The minimum atomic E-state index is 0. The first-order chi connectivity index (χ1) is 10.7. The summed E-state index contributed by atoms with van der Waals surface area (Å²) in [6, 6.07) is 12.1. The lowest BCUT2D eigenvalue weighted by molar-refractivity contribution is -0.117. The van der Waals surface area contributed by atoms with Crippen LogP contribution in [0.5, 0.6) is 0 Å². The van der Waals surface area contributed by atoms with Gasteiger partial charge in [0.2, 0.25) is 5.91 Å². The van der Waals surface area contributed by atoms with E-state index in [0.29, 0.717) is 11.5 Å². The van der Waals surface area contributed by atoms with Crippen molar-refractivity contribution in [1.29, 1.82) is 0 Å². The Morgan fingerprint density at radius 3 is 2.87 bits per heavy atom. The molecule has 1 aromatic heterocycles. The summed E-state index contributed by atoms with van der Waals surface area (Å²) in [4.78, 5) is 16.6. The van der Waals surface area contributed by atoms with E-state index in [-0.39, 0.29) is 29.6 Å². The molecule has 1 amide bonds. The molecule has 1 fully saturated rings. The smallest absolute Gasteiger partial charge is 0.228 e. The predicted molar refractivity (Wildman–Crippen MR) is 93.7 cm³/mol. The Hall–Kier alpha value is -2.07. The second-order valence-electron chi connectivity index (χ2n) is 6.38. The SMILES string of the molecule is Cl.Nc1ccc(NC(=O)C2CC23CCCc2ccccc23)cn1. The van der Waals surface area contributed by atoms with Gasteiger partial charge in [0.15, 0.2) is 0 Å². The molecular formula is C18H20ClN3O. The first kappa shape index (κ1) is 15.8. The topological polar surface area (TPSA) is 68.0 Å². The highest BCUT2D eigenvalue weighted by molar-refractivity contribution is 5.96. The average Bonchev–Trinajstić information content (AvgIpc) is 3.25. The van der Waals surface area contributed by atoms with Crippen LogP contribution in [-0.2, 0) is 16.6 Å². The Morgan fingerprint density at radius 2 is 2.09 bits per heavy atom. The number of anilines is 2. The summed E-state index contributed by atoms with van der Waals surface area (Å²) >= 11 is 0. The first-order valence-corrected chi connectivity index (χ1v) is 7.80. The standard InChI is InChI=1S/C18H19N3O.ClH/c19-16-8-7-13(11-20-16)21-17(22)15-10-18(15)9-3-5-12-4-1-2-6-14(12)18;/h1-2,4,6-8,11,15H,3,5,9-10H2,(H2,19,20)(H,21,22);1H. The second kappa shape index (κ2) is 5.85. The van der Waals surface area contributed by atoms with Gasteiger partial charge in [0.05, 0.1) is 11.9 Å². The molecule has 0 radical (unpaired) electrons. The highest BCUT2D eigenvalue weighted by Crippen LogP contribution is 2.60. The van der Waals surface area contributed by atoms with Crippen LogP contribution in [0.4, 0.5) is 11.5 Å². The van der Waals surface area contributed by atoms with Crippen molar-refractivity contribution in [3.05, 3.63) is 53.7 Å². The minimum Gasteiger partial charge on any atom is -0.384 e. The van der Waals surface area contributed by atoms with Crippen molar-refractivity contribution in [2.45, 2.75) is 31.1 Å². The van der Waals surface area contributed by atoms with Gasteiger partial charge in [-0.25, -0.2) is 4.98 Å². The zero-order valence-electron chi connectivity index (χ0n) is 12.8. The number of fused-ring (bicyclic) bond motifs is 2. The molecule has 4 rings (SSSR count). The van der Waals surface area contributed by atoms with Crippen LogP contribution in [0.2, 0.25) is 0 Å². The van der Waals surface area contributed by atoms with E-state index >= 15 is 0 Å². The van der Waals surface area contributed by atoms with Crippen LogP contribution in [-0.4, -0.2) is 10.9 Å². The number of nitrogens with one attached hydrogen (secondary N) is 1. The number of nitrogens with zero attached hydrogens (tertiary/aromatic N) is 1. The van der Waals surface area contributed by atoms with Crippen molar-refractivity contribution in [2.75, 3.05) is 11.1 Å². The number of hydrogen-bond acceptors (Lipinski definition) is 3. The molecule has 0 aliphatic heterocycles. The number of hydrogen-bond donors (Lipinski definition) is 2. The molecule has 1 saturated carbocycles. The molecule has 4 nitrogen and oxygen atoms in total. The number of amides is 1. The van der Waals surface area contributed by atoms with Crippen molar-refractivity contribution >= 4 is 29.8 Å². The lowest BCUT2D eigenvalue weighted by Crippen LogP contribution is -2.24. The minimum absolute atomic E-state index is 0. The van der Waals surface area contributed by atoms with Crippen molar-refractivity contribution in [2.24, 2.45) is 5.92 Å². The van der Waals surface area contributed by atoms with Crippen LogP contribution >= 0.6 is 12.4 Å². The highest BCUT2D eigenvalue weighted by atomic mass is 35.5. The summed E-state index contributed by atoms with van der Waals surface area (Å²) in [5.41, 5.74) is 9.15. The Morgan fingerprint density at radius 1 is 1.26 bits per heavy atom. The molecule has 0 saturated heterocycles.